The number of thiophene rings is 1. The van der Waals surface area contributed by atoms with Crippen molar-refractivity contribution in [3.8, 4) is 0 Å². The maximum Gasteiger partial charge on any atom is 0.258 e. The zero-order valence-corrected chi connectivity index (χ0v) is 16.4. The third-order valence-corrected chi connectivity index (χ3v) is 5.98. The van der Waals surface area contributed by atoms with Gasteiger partial charge in [-0.05, 0) is 71.6 Å². The first-order chi connectivity index (χ1) is 13.7. The van der Waals surface area contributed by atoms with Crippen LogP contribution in [0.1, 0.15) is 28.8 Å². The van der Waals surface area contributed by atoms with Crippen molar-refractivity contribution in [3.63, 3.8) is 0 Å². The van der Waals surface area contributed by atoms with Crippen LogP contribution in [-0.4, -0.2) is 29.9 Å². The summed E-state index contributed by atoms with van der Waals surface area (Å²) in [6.45, 7) is 2.88. The highest BCUT2D eigenvalue weighted by Gasteiger charge is 2.29. The van der Waals surface area contributed by atoms with Crippen LogP contribution in [0.4, 0.5) is 10.1 Å². The van der Waals surface area contributed by atoms with Gasteiger partial charge in [0.15, 0.2) is 0 Å². The predicted octanol–water partition coefficient (Wildman–Crippen LogP) is 5.20. The fourth-order valence-corrected chi connectivity index (χ4v) is 4.45. The molecule has 4 rings (SSSR count). The van der Waals surface area contributed by atoms with E-state index in [1.54, 1.807) is 23.5 Å². The van der Waals surface area contributed by atoms with Crippen LogP contribution < -0.4 is 4.90 Å². The molecule has 3 nitrogen and oxygen atoms in total. The van der Waals surface area contributed by atoms with Crippen LogP contribution in [0.3, 0.4) is 0 Å². The molecule has 144 valence electrons. The number of likely N-dealkylation sites (tertiary alicyclic amines) is 1. The lowest BCUT2D eigenvalue weighted by molar-refractivity contribution is 0.0958. The van der Waals surface area contributed by atoms with Crippen molar-refractivity contribution < 1.29 is 9.18 Å². The first kappa shape index (κ1) is 18.8. The van der Waals surface area contributed by atoms with Crippen molar-refractivity contribution in [1.82, 2.24) is 4.90 Å². The third kappa shape index (κ3) is 4.32. The van der Waals surface area contributed by atoms with Crippen molar-refractivity contribution in [2.75, 3.05) is 18.0 Å². The molecule has 2 aromatic carbocycles. The summed E-state index contributed by atoms with van der Waals surface area (Å²) in [7, 11) is 0. The SMILES string of the molecule is O=C(c1ccc(F)cc1)N(c1ccccc1)C1CCN(Cc2ccsc2)CC1. The molecular formula is C23H23FN2OS. The van der Waals surface area contributed by atoms with Crippen LogP contribution in [0.15, 0.2) is 71.4 Å². The highest BCUT2D eigenvalue weighted by atomic mass is 32.1. The molecule has 0 bridgehead atoms. The number of anilines is 1. The van der Waals surface area contributed by atoms with E-state index in [9.17, 15) is 9.18 Å². The van der Waals surface area contributed by atoms with E-state index in [2.05, 4.69) is 21.7 Å². The van der Waals surface area contributed by atoms with Gasteiger partial charge in [0.1, 0.15) is 5.82 Å². The Balaban J connectivity index is 1.51. The van der Waals surface area contributed by atoms with Crippen molar-refractivity contribution in [3.05, 3.63) is 88.4 Å². The molecule has 5 heteroatoms. The molecular weight excluding hydrogens is 371 g/mol. The first-order valence-electron chi connectivity index (χ1n) is 9.58. The monoisotopic (exact) mass is 394 g/mol. The van der Waals surface area contributed by atoms with E-state index >= 15 is 0 Å². The number of hydrogen-bond acceptors (Lipinski definition) is 3. The van der Waals surface area contributed by atoms with Gasteiger partial charge in [-0.3, -0.25) is 9.69 Å². The van der Waals surface area contributed by atoms with Crippen LogP contribution in [0.2, 0.25) is 0 Å². The van der Waals surface area contributed by atoms with Crippen LogP contribution in [0, 0.1) is 5.82 Å². The highest BCUT2D eigenvalue weighted by Crippen LogP contribution is 2.26. The van der Waals surface area contributed by atoms with Gasteiger partial charge >= 0.3 is 0 Å². The Morgan fingerprint density at radius 1 is 1.04 bits per heavy atom. The number of piperidine rings is 1. The molecule has 1 amide bonds. The van der Waals surface area contributed by atoms with Crippen molar-refractivity contribution in [2.45, 2.75) is 25.4 Å². The Hall–Kier alpha value is -2.50. The maximum absolute atomic E-state index is 13.3. The van der Waals surface area contributed by atoms with Crippen molar-refractivity contribution in [2.24, 2.45) is 0 Å². The molecule has 1 aliphatic rings. The topological polar surface area (TPSA) is 23.6 Å². The van der Waals surface area contributed by atoms with Crippen LogP contribution in [0.5, 0.6) is 0 Å². The third-order valence-electron chi connectivity index (χ3n) is 5.25. The molecule has 0 aliphatic carbocycles. The van der Waals surface area contributed by atoms with Gasteiger partial charge in [0, 0.05) is 36.9 Å². The Labute approximate surface area is 169 Å². The number of rotatable bonds is 5. The fourth-order valence-electron chi connectivity index (χ4n) is 3.79. The van der Waals surface area contributed by atoms with Gasteiger partial charge in [0.2, 0.25) is 0 Å². The van der Waals surface area contributed by atoms with Crippen LogP contribution in [-0.2, 0) is 6.54 Å². The van der Waals surface area contributed by atoms with Crippen molar-refractivity contribution >= 4 is 22.9 Å². The molecule has 0 atom stereocenters. The number of carbonyl (C=O) groups is 1. The predicted molar refractivity (Wildman–Crippen MR) is 112 cm³/mol. The van der Waals surface area contributed by atoms with E-state index in [0.717, 1.165) is 38.2 Å². The van der Waals surface area contributed by atoms with Gasteiger partial charge in [-0.25, -0.2) is 4.39 Å². The van der Waals surface area contributed by atoms with Gasteiger partial charge in [0.05, 0.1) is 0 Å². The van der Waals surface area contributed by atoms with Gasteiger partial charge in [-0.1, -0.05) is 18.2 Å². The van der Waals surface area contributed by atoms with E-state index in [-0.39, 0.29) is 17.8 Å². The summed E-state index contributed by atoms with van der Waals surface area (Å²) in [6, 6.07) is 17.9. The molecule has 1 aromatic heterocycles. The molecule has 0 unspecified atom stereocenters. The number of nitrogens with zero attached hydrogens (tertiary/aromatic N) is 2. The van der Waals surface area contributed by atoms with Gasteiger partial charge in [-0.2, -0.15) is 11.3 Å². The summed E-state index contributed by atoms with van der Waals surface area (Å²) in [4.78, 5) is 17.6. The number of hydrogen-bond donors (Lipinski definition) is 0. The Morgan fingerprint density at radius 3 is 2.39 bits per heavy atom. The lowest BCUT2D eigenvalue weighted by Crippen LogP contribution is -2.47. The minimum Gasteiger partial charge on any atom is -0.305 e. The van der Waals surface area contributed by atoms with Crippen LogP contribution in [0.25, 0.3) is 0 Å². The summed E-state index contributed by atoms with van der Waals surface area (Å²) in [5.41, 5.74) is 2.77. The average Bonchev–Trinajstić information content (AvgIpc) is 3.24. The summed E-state index contributed by atoms with van der Waals surface area (Å²) >= 11 is 1.73. The van der Waals surface area contributed by atoms with Crippen molar-refractivity contribution in [1.29, 1.82) is 0 Å². The van der Waals surface area contributed by atoms with E-state index in [1.807, 2.05) is 35.2 Å². The molecule has 0 spiro atoms. The molecule has 2 heterocycles. The van der Waals surface area contributed by atoms with E-state index in [0.29, 0.717) is 5.56 Å². The molecule has 28 heavy (non-hydrogen) atoms. The van der Waals surface area contributed by atoms with E-state index in [4.69, 9.17) is 0 Å². The quantitative estimate of drug-likeness (QED) is 0.594. The lowest BCUT2D eigenvalue weighted by atomic mass is 10.0. The molecule has 0 saturated carbocycles. The second-order valence-corrected chi connectivity index (χ2v) is 7.94. The summed E-state index contributed by atoms with van der Waals surface area (Å²) < 4.78 is 13.3. The fraction of sp³-hybridized carbons (Fsp3) is 0.261. The first-order valence-corrected chi connectivity index (χ1v) is 10.5. The molecule has 0 radical (unpaired) electrons. The standard InChI is InChI=1S/C23H23FN2OS/c24-20-8-6-19(7-9-20)23(27)26(21-4-2-1-3-5-21)22-10-13-25(14-11-22)16-18-12-15-28-17-18/h1-9,12,15,17,22H,10-11,13-14,16H2. The zero-order chi connectivity index (χ0) is 19.3. The second kappa shape index (κ2) is 8.67. The zero-order valence-electron chi connectivity index (χ0n) is 15.6. The maximum atomic E-state index is 13.3. The normalized spacial score (nSPS) is 15.5. The molecule has 0 N–H and O–H groups in total. The van der Waals surface area contributed by atoms with Crippen LogP contribution >= 0.6 is 11.3 Å². The highest BCUT2D eigenvalue weighted by molar-refractivity contribution is 7.07. The lowest BCUT2D eigenvalue weighted by Gasteiger charge is -2.38. The Kier molecular flexibility index (Phi) is 5.84. The molecule has 1 saturated heterocycles. The Morgan fingerprint density at radius 2 is 1.75 bits per heavy atom. The van der Waals surface area contributed by atoms with Gasteiger partial charge in [0.25, 0.3) is 5.91 Å². The second-order valence-electron chi connectivity index (χ2n) is 7.16. The summed E-state index contributed by atoms with van der Waals surface area (Å²) in [6.07, 6.45) is 1.85. The van der Waals surface area contributed by atoms with Gasteiger partial charge < -0.3 is 4.90 Å². The number of halogens is 1. The van der Waals surface area contributed by atoms with E-state index in [1.165, 1.54) is 17.7 Å². The molecule has 3 aromatic rings. The number of benzene rings is 2. The summed E-state index contributed by atoms with van der Waals surface area (Å²) in [5.74, 6) is -0.396. The smallest absolute Gasteiger partial charge is 0.258 e. The number of para-hydroxylation sites is 1. The Bertz CT molecular complexity index is 888. The minimum atomic E-state index is -0.329. The van der Waals surface area contributed by atoms with E-state index < -0.39 is 0 Å². The molecule has 1 fully saturated rings. The molecule has 1 aliphatic heterocycles. The average molecular weight is 395 g/mol. The summed E-state index contributed by atoms with van der Waals surface area (Å²) in [5, 5.41) is 4.31. The largest absolute Gasteiger partial charge is 0.305 e. The minimum absolute atomic E-state index is 0.0671. The van der Waals surface area contributed by atoms with Gasteiger partial charge in [-0.15, -0.1) is 0 Å². The number of amides is 1. The number of carbonyl (C=O) groups excluding carboxylic acids is 1.